The second-order valence-corrected chi connectivity index (χ2v) is 6.23. The van der Waals surface area contributed by atoms with Crippen molar-refractivity contribution in [2.45, 2.75) is 31.6 Å². The Morgan fingerprint density at radius 3 is 2.50 bits per heavy atom. The van der Waals surface area contributed by atoms with Gasteiger partial charge in [-0.1, -0.05) is 31.4 Å². The lowest BCUT2D eigenvalue weighted by molar-refractivity contribution is 0.0130. The number of hydrogen-bond acceptors (Lipinski definition) is 1. The number of nitrogens with zero attached hydrogens (tertiary/aromatic N) is 1. The first kappa shape index (κ1) is 16.5. The highest BCUT2D eigenvalue weighted by Gasteiger charge is 2.37. The molecule has 0 spiro atoms. The predicted octanol–water partition coefficient (Wildman–Crippen LogP) is 5.46. The van der Waals surface area contributed by atoms with Crippen molar-refractivity contribution in [1.29, 1.82) is 0 Å². The molecule has 24 heavy (non-hydrogen) atoms. The van der Waals surface area contributed by atoms with Crippen LogP contribution >= 0.6 is 0 Å². The summed E-state index contributed by atoms with van der Waals surface area (Å²) in [5, 5.41) is 0. The molecular weight excluding hydrogens is 311 g/mol. The van der Waals surface area contributed by atoms with E-state index < -0.39 is 11.7 Å². The van der Waals surface area contributed by atoms with E-state index in [1.807, 2.05) is 6.07 Å². The quantitative estimate of drug-likeness (QED) is 0.709. The van der Waals surface area contributed by atoms with E-state index >= 15 is 0 Å². The second kappa shape index (κ2) is 6.27. The summed E-state index contributed by atoms with van der Waals surface area (Å²) in [5.74, 6) is -3.04. The fourth-order valence-electron chi connectivity index (χ4n) is 3.01. The van der Waals surface area contributed by atoms with Gasteiger partial charge in [-0.3, -0.25) is 4.98 Å². The van der Waals surface area contributed by atoms with Crippen LogP contribution in [0.4, 0.5) is 13.2 Å². The Morgan fingerprint density at radius 1 is 1.04 bits per heavy atom. The Morgan fingerprint density at radius 2 is 1.75 bits per heavy atom. The van der Waals surface area contributed by atoms with Crippen LogP contribution in [0, 0.1) is 5.82 Å². The van der Waals surface area contributed by atoms with Crippen LogP contribution < -0.4 is 0 Å². The van der Waals surface area contributed by atoms with Crippen LogP contribution in [-0.4, -0.2) is 10.9 Å². The minimum Gasteiger partial charge on any atom is -0.254 e. The van der Waals surface area contributed by atoms with Crippen LogP contribution in [0.5, 0.6) is 0 Å². The summed E-state index contributed by atoms with van der Waals surface area (Å²) in [6.07, 6.45) is 2.21. The fraction of sp³-hybridized carbons (Fsp3) is 0.250. The highest BCUT2D eigenvalue weighted by molar-refractivity contribution is 5.68. The molecule has 3 rings (SSSR count). The summed E-state index contributed by atoms with van der Waals surface area (Å²) in [5.41, 5.74) is 3.93. The van der Waals surface area contributed by atoms with E-state index in [1.54, 1.807) is 12.1 Å². The monoisotopic (exact) mass is 329 g/mol. The molecule has 124 valence electrons. The molecule has 1 aromatic carbocycles. The molecule has 0 N–H and O–H groups in total. The van der Waals surface area contributed by atoms with Gasteiger partial charge in [0.15, 0.2) is 0 Å². The fourth-order valence-corrected chi connectivity index (χ4v) is 3.01. The molecule has 0 atom stereocenters. The first-order valence-electron chi connectivity index (χ1n) is 7.82. The smallest absolute Gasteiger partial charge is 0.254 e. The molecule has 0 bridgehead atoms. The minimum absolute atomic E-state index is 0.190. The summed E-state index contributed by atoms with van der Waals surface area (Å²) < 4.78 is 40.6. The highest BCUT2D eigenvalue weighted by atomic mass is 19.3. The van der Waals surface area contributed by atoms with Crippen molar-refractivity contribution >= 4 is 11.1 Å². The van der Waals surface area contributed by atoms with E-state index in [4.69, 9.17) is 0 Å². The van der Waals surface area contributed by atoms with Crippen molar-refractivity contribution in [3.63, 3.8) is 0 Å². The molecule has 2 aromatic rings. The molecule has 1 aliphatic carbocycles. The van der Waals surface area contributed by atoms with E-state index in [0.717, 1.165) is 11.1 Å². The molecule has 0 aliphatic heterocycles. The summed E-state index contributed by atoms with van der Waals surface area (Å²) in [6, 6.07) is 8.26. The standard InChI is InChI=1S/C20H18F3N/c1-13(5-6-14(2)19-18(21)4-3-9-24-19)15-7-8-16-11-20(22,23)12-17(16)10-15/h3-4,7-10H,1-2,5-6,11-12H2. The molecule has 1 nitrogen and oxygen atoms in total. The van der Waals surface area contributed by atoms with Gasteiger partial charge in [0.2, 0.25) is 0 Å². The summed E-state index contributed by atoms with van der Waals surface area (Å²) in [4.78, 5) is 4.00. The average molecular weight is 329 g/mol. The maximum Gasteiger partial charge on any atom is 0.256 e. The number of rotatable bonds is 5. The molecule has 4 heteroatoms. The molecule has 0 fully saturated rings. The molecule has 1 aromatic heterocycles. The molecule has 0 saturated heterocycles. The Kier molecular flexibility index (Phi) is 4.31. The Bertz CT molecular complexity index is 808. The number of aromatic nitrogens is 1. The zero-order valence-electron chi connectivity index (χ0n) is 13.3. The van der Waals surface area contributed by atoms with Gasteiger partial charge in [-0.05, 0) is 52.8 Å². The summed E-state index contributed by atoms with van der Waals surface area (Å²) >= 11 is 0. The van der Waals surface area contributed by atoms with Crippen molar-refractivity contribution in [2.24, 2.45) is 0 Å². The number of allylic oxidation sites excluding steroid dienone is 2. The molecule has 1 heterocycles. The third-order valence-electron chi connectivity index (χ3n) is 4.33. The second-order valence-electron chi connectivity index (χ2n) is 6.23. The zero-order chi connectivity index (χ0) is 17.3. The lowest BCUT2D eigenvalue weighted by Gasteiger charge is -2.10. The van der Waals surface area contributed by atoms with Gasteiger partial charge >= 0.3 is 0 Å². The maximum atomic E-state index is 13.7. The Balaban J connectivity index is 1.66. The van der Waals surface area contributed by atoms with Crippen molar-refractivity contribution in [1.82, 2.24) is 4.98 Å². The number of hydrogen-bond donors (Lipinski definition) is 0. The normalized spacial score (nSPS) is 15.1. The SMILES string of the molecule is C=C(CCC(=C)c1ncccc1F)c1ccc2c(c1)CC(F)(F)C2. The Labute approximate surface area is 139 Å². The van der Waals surface area contributed by atoms with Gasteiger partial charge in [0.25, 0.3) is 5.92 Å². The van der Waals surface area contributed by atoms with Crippen LogP contribution in [0.2, 0.25) is 0 Å². The van der Waals surface area contributed by atoms with E-state index in [0.29, 0.717) is 29.5 Å². The number of halogens is 3. The van der Waals surface area contributed by atoms with E-state index in [9.17, 15) is 13.2 Å². The van der Waals surface area contributed by atoms with E-state index in [-0.39, 0.29) is 18.5 Å². The topological polar surface area (TPSA) is 12.9 Å². The first-order chi connectivity index (χ1) is 11.4. The van der Waals surface area contributed by atoms with Crippen LogP contribution in [0.15, 0.2) is 49.7 Å². The summed E-state index contributed by atoms with van der Waals surface area (Å²) in [7, 11) is 0. The lowest BCUT2D eigenvalue weighted by Crippen LogP contribution is -2.14. The minimum atomic E-state index is -2.65. The average Bonchev–Trinajstić information content (AvgIpc) is 2.85. The maximum absolute atomic E-state index is 13.7. The molecule has 0 saturated carbocycles. The van der Waals surface area contributed by atoms with Crippen molar-refractivity contribution in [3.8, 4) is 0 Å². The van der Waals surface area contributed by atoms with E-state index in [1.165, 1.54) is 18.3 Å². The third kappa shape index (κ3) is 3.42. The highest BCUT2D eigenvalue weighted by Crippen LogP contribution is 2.36. The van der Waals surface area contributed by atoms with E-state index in [2.05, 4.69) is 18.1 Å². The lowest BCUT2D eigenvalue weighted by atomic mass is 9.96. The van der Waals surface area contributed by atoms with Gasteiger partial charge in [-0.25, -0.2) is 13.2 Å². The van der Waals surface area contributed by atoms with Gasteiger partial charge in [0.05, 0.1) is 0 Å². The molecule has 0 amide bonds. The Hall–Kier alpha value is -2.36. The van der Waals surface area contributed by atoms with Gasteiger partial charge in [0.1, 0.15) is 11.5 Å². The summed E-state index contributed by atoms with van der Waals surface area (Å²) in [6.45, 7) is 7.92. The molecule has 0 radical (unpaired) electrons. The number of fused-ring (bicyclic) bond motifs is 1. The van der Waals surface area contributed by atoms with Crippen LogP contribution in [0.3, 0.4) is 0 Å². The molecular formula is C20H18F3N. The molecule has 0 unspecified atom stereocenters. The number of alkyl halides is 2. The number of pyridine rings is 1. The predicted molar refractivity (Wildman–Crippen MR) is 90.3 cm³/mol. The van der Waals surface area contributed by atoms with Gasteiger partial charge in [-0.15, -0.1) is 0 Å². The largest absolute Gasteiger partial charge is 0.256 e. The van der Waals surface area contributed by atoms with Gasteiger partial charge in [0, 0.05) is 19.0 Å². The van der Waals surface area contributed by atoms with Gasteiger partial charge in [-0.2, -0.15) is 0 Å². The van der Waals surface area contributed by atoms with Gasteiger partial charge < -0.3 is 0 Å². The zero-order valence-corrected chi connectivity index (χ0v) is 13.3. The van der Waals surface area contributed by atoms with Crippen LogP contribution in [-0.2, 0) is 12.8 Å². The van der Waals surface area contributed by atoms with Crippen LogP contribution in [0.1, 0.15) is 35.2 Å². The third-order valence-corrected chi connectivity index (χ3v) is 4.33. The van der Waals surface area contributed by atoms with Crippen molar-refractivity contribution in [3.05, 3.63) is 77.9 Å². The van der Waals surface area contributed by atoms with Crippen molar-refractivity contribution in [2.75, 3.05) is 0 Å². The van der Waals surface area contributed by atoms with Crippen molar-refractivity contribution < 1.29 is 13.2 Å². The first-order valence-corrected chi connectivity index (χ1v) is 7.82. The van der Waals surface area contributed by atoms with Crippen LogP contribution in [0.25, 0.3) is 11.1 Å². The number of benzene rings is 1. The molecule has 1 aliphatic rings.